The fourth-order valence-electron chi connectivity index (χ4n) is 1.70. The molecule has 0 amide bonds. The van der Waals surface area contributed by atoms with Crippen molar-refractivity contribution >= 4 is 5.96 Å². The van der Waals surface area contributed by atoms with E-state index < -0.39 is 0 Å². The molecule has 1 aromatic rings. The van der Waals surface area contributed by atoms with E-state index in [1.807, 2.05) is 24.1 Å². The van der Waals surface area contributed by atoms with Crippen molar-refractivity contribution in [3.63, 3.8) is 0 Å². The largest absolute Gasteiger partial charge is 0.357 e. The van der Waals surface area contributed by atoms with E-state index in [2.05, 4.69) is 41.5 Å². The number of aromatic nitrogens is 2. The highest BCUT2D eigenvalue weighted by atomic mass is 15.2. The summed E-state index contributed by atoms with van der Waals surface area (Å²) < 4.78 is 1.83. The highest BCUT2D eigenvalue weighted by molar-refractivity contribution is 5.79. The van der Waals surface area contributed by atoms with Crippen LogP contribution in [-0.2, 0) is 13.5 Å². The second-order valence-corrected chi connectivity index (χ2v) is 5.14. The van der Waals surface area contributed by atoms with E-state index in [1.165, 1.54) is 5.56 Å². The molecule has 0 fully saturated rings. The van der Waals surface area contributed by atoms with Gasteiger partial charge in [0.05, 0.1) is 6.20 Å². The van der Waals surface area contributed by atoms with Crippen LogP contribution in [0.3, 0.4) is 0 Å². The predicted molar refractivity (Wildman–Crippen MR) is 80.3 cm³/mol. The Balaban J connectivity index is 2.32. The van der Waals surface area contributed by atoms with Crippen LogP contribution in [0.1, 0.15) is 32.8 Å². The average molecular weight is 265 g/mol. The van der Waals surface area contributed by atoms with Gasteiger partial charge in [0.15, 0.2) is 5.96 Å². The number of hydrogen-bond acceptors (Lipinski definition) is 2. The van der Waals surface area contributed by atoms with E-state index in [0.29, 0.717) is 5.92 Å². The van der Waals surface area contributed by atoms with E-state index in [9.17, 15) is 0 Å². The second-order valence-electron chi connectivity index (χ2n) is 5.14. The Morgan fingerprint density at radius 2 is 2.21 bits per heavy atom. The molecular weight excluding hydrogens is 238 g/mol. The molecule has 5 heteroatoms. The molecule has 0 saturated heterocycles. The first-order valence-corrected chi connectivity index (χ1v) is 7.11. The second kappa shape index (κ2) is 8.56. The Hall–Kier alpha value is -1.52. The van der Waals surface area contributed by atoms with Crippen molar-refractivity contribution in [3.8, 4) is 0 Å². The Bertz CT molecular complexity index is 381. The molecule has 0 spiro atoms. The van der Waals surface area contributed by atoms with Gasteiger partial charge in [-0.1, -0.05) is 13.8 Å². The fourth-order valence-corrected chi connectivity index (χ4v) is 1.70. The molecule has 1 heterocycles. The maximum atomic E-state index is 4.56. The molecule has 0 saturated carbocycles. The van der Waals surface area contributed by atoms with Crippen molar-refractivity contribution in [1.82, 2.24) is 20.4 Å². The molecule has 0 atom stereocenters. The van der Waals surface area contributed by atoms with E-state index in [0.717, 1.165) is 38.4 Å². The minimum Gasteiger partial charge on any atom is -0.357 e. The number of hydrogen-bond donors (Lipinski definition) is 2. The van der Waals surface area contributed by atoms with Crippen LogP contribution in [-0.4, -0.2) is 35.4 Å². The molecule has 2 N–H and O–H groups in total. The maximum Gasteiger partial charge on any atom is 0.191 e. The third-order valence-corrected chi connectivity index (χ3v) is 2.79. The van der Waals surface area contributed by atoms with Gasteiger partial charge >= 0.3 is 0 Å². The SMILES string of the molecule is CCNC(=NCCC(C)C)NCCc1cnn(C)c1. The van der Waals surface area contributed by atoms with Gasteiger partial charge in [-0.25, -0.2) is 0 Å². The molecule has 1 rings (SSSR count). The monoisotopic (exact) mass is 265 g/mol. The van der Waals surface area contributed by atoms with Gasteiger partial charge in [0, 0.05) is 32.9 Å². The third kappa shape index (κ3) is 6.84. The van der Waals surface area contributed by atoms with Crippen LogP contribution in [0, 0.1) is 5.92 Å². The molecule has 5 nitrogen and oxygen atoms in total. The molecular formula is C14H27N5. The Kier molecular flexibility index (Phi) is 7.00. The summed E-state index contributed by atoms with van der Waals surface area (Å²) in [6.07, 6.45) is 6.04. The summed E-state index contributed by atoms with van der Waals surface area (Å²) in [5.74, 6) is 1.61. The van der Waals surface area contributed by atoms with Gasteiger partial charge in [0.2, 0.25) is 0 Å². The quantitative estimate of drug-likeness (QED) is 0.581. The lowest BCUT2D eigenvalue weighted by Gasteiger charge is -2.11. The van der Waals surface area contributed by atoms with Crippen molar-refractivity contribution in [3.05, 3.63) is 18.0 Å². The van der Waals surface area contributed by atoms with Crippen molar-refractivity contribution in [2.45, 2.75) is 33.6 Å². The standard InChI is InChI=1S/C14H27N5/c1-5-15-14(16-8-6-12(2)3)17-9-7-13-10-18-19(4)11-13/h10-12H,5-9H2,1-4H3,(H2,15,16,17). The number of nitrogens with one attached hydrogen (secondary N) is 2. The van der Waals surface area contributed by atoms with Crippen molar-refractivity contribution in [2.75, 3.05) is 19.6 Å². The smallest absolute Gasteiger partial charge is 0.191 e. The van der Waals surface area contributed by atoms with Gasteiger partial charge in [-0.05, 0) is 31.2 Å². The number of aliphatic imine (C=N–C) groups is 1. The minimum absolute atomic E-state index is 0.696. The number of guanidine groups is 1. The van der Waals surface area contributed by atoms with Gasteiger partial charge in [-0.2, -0.15) is 5.10 Å². The van der Waals surface area contributed by atoms with Crippen LogP contribution in [0.25, 0.3) is 0 Å². The lowest BCUT2D eigenvalue weighted by Crippen LogP contribution is -2.38. The predicted octanol–water partition coefficient (Wildman–Crippen LogP) is 1.56. The molecule has 0 radical (unpaired) electrons. The lowest BCUT2D eigenvalue weighted by molar-refractivity contribution is 0.594. The van der Waals surface area contributed by atoms with Gasteiger partial charge in [-0.15, -0.1) is 0 Å². The highest BCUT2D eigenvalue weighted by Crippen LogP contribution is 1.98. The average Bonchev–Trinajstić information content (AvgIpc) is 2.74. The molecule has 0 aliphatic heterocycles. The number of aryl methyl sites for hydroxylation is 1. The van der Waals surface area contributed by atoms with Crippen LogP contribution >= 0.6 is 0 Å². The Labute approximate surface area is 116 Å². The third-order valence-electron chi connectivity index (χ3n) is 2.79. The molecule has 0 aromatic carbocycles. The zero-order chi connectivity index (χ0) is 14.1. The fraction of sp³-hybridized carbons (Fsp3) is 0.714. The van der Waals surface area contributed by atoms with Gasteiger partial charge in [0.25, 0.3) is 0 Å². The normalized spacial score (nSPS) is 11.9. The summed E-state index contributed by atoms with van der Waals surface area (Å²) >= 11 is 0. The summed E-state index contributed by atoms with van der Waals surface area (Å²) in [5, 5.41) is 10.8. The van der Waals surface area contributed by atoms with Crippen molar-refractivity contribution < 1.29 is 0 Å². The van der Waals surface area contributed by atoms with Gasteiger partial charge in [0.1, 0.15) is 0 Å². The highest BCUT2D eigenvalue weighted by Gasteiger charge is 1.99. The molecule has 0 aliphatic rings. The minimum atomic E-state index is 0.696. The molecule has 19 heavy (non-hydrogen) atoms. The zero-order valence-electron chi connectivity index (χ0n) is 12.6. The zero-order valence-corrected chi connectivity index (χ0v) is 12.6. The van der Waals surface area contributed by atoms with E-state index in [1.54, 1.807) is 0 Å². The van der Waals surface area contributed by atoms with E-state index >= 15 is 0 Å². The van der Waals surface area contributed by atoms with Gasteiger partial charge in [-0.3, -0.25) is 9.67 Å². The summed E-state index contributed by atoms with van der Waals surface area (Å²) in [5.41, 5.74) is 1.24. The first kappa shape index (κ1) is 15.5. The maximum absolute atomic E-state index is 4.56. The Morgan fingerprint density at radius 1 is 1.42 bits per heavy atom. The molecule has 0 bridgehead atoms. The van der Waals surface area contributed by atoms with Crippen LogP contribution < -0.4 is 10.6 Å². The first-order chi connectivity index (χ1) is 9.11. The summed E-state index contributed by atoms with van der Waals surface area (Å²) in [6, 6.07) is 0. The summed E-state index contributed by atoms with van der Waals surface area (Å²) in [6.45, 7) is 9.16. The van der Waals surface area contributed by atoms with E-state index in [-0.39, 0.29) is 0 Å². The Morgan fingerprint density at radius 3 is 2.79 bits per heavy atom. The lowest BCUT2D eigenvalue weighted by atomic mass is 10.1. The van der Waals surface area contributed by atoms with Crippen molar-refractivity contribution in [2.24, 2.45) is 18.0 Å². The molecule has 108 valence electrons. The van der Waals surface area contributed by atoms with Crippen LogP contribution in [0.2, 0.25) is 0 Å². The molecule has 0 unspecified atom stereocenters. The van der Waals surface area contributed by atoms with Crippen LogP contribution in [0.15, 0.2) is 17.4 Å². The van der Waals surface area contributed by atoms with Gasteiger partial charge < -0.3 is 10.6 Å². The molecule has 1 aromatic heterocycles. The van der Waals surface area contributed by atoms with Crippen LogP contribution in [0.4, 0.5) is 0 Å². The molecule has 0 aliphatic carbocycles. The number of rotatable bonds is 7. The topological polar surface area (TPSA) is 54.2 Å². The van der Waals surface area contributed by atoms with Crippen LogP contribution in [0.5, 0.6) is 0 Å². The van der Waals surface area contributed by atoms with E-state index in [4.69, 9.17) is 0 Å². The first-order valence-electron chi connectivity index (χ1n) is 7.11. The summed E-state index contributed by atoms with van der Waals surface area (Å²) in [7, 11) is 1.94. The summed E-state index contributed by atoms with van der Waals surface area (Å²) in [4.78, 5) is 4.56. The van der Waals surface area contributed by atoms with Crippen molar-refractivity contribution in [1.29, 1.82) is 0 Å². The number of nitrogens with zero attached hydrogens (tertiary/aromatic N) is 3.